The van der Waals surface area contributed by atoms with Crippen molar-refractivity contribution in [3.05, 3.63) is 0 Å². The molecule has 0 spiro atoms. The number of carbonyl (C=O) groups is 1. The Morgan fingerprint density at radius 3 is 1.50 bits per heavy atom. The van der Waals surface area contributed by atoms with E-state index < -0.39 is 5.97 Å². The van der Waals surface area contributed by atoms with Crippen LogP contribution >= 0.6 is 0 Å². The fraction of sp³-hybridized carbons (Fsp3) is 0.944. The minimum absolute atomic E-state index is 0.111. The van der Waals surface area contributed by atoms with Crippen LogP contribution < -0.4 is 5.11 Å². The third-order valence-corrected chi connectivity index (χ3v) is 3.83. The highest BCUT2D eigenvalue weighted by Gasteiger charge is 2.22. The molecule has 22 heavy (non-hydrogen) atoms. The second kappa shape index (κ2) is 16.8. The molecular weight excluding hydrogens is 278 g/mol. The van der Waals surface area contributed by atoms with Crippen molar-refractivity contribution in [3.63, 3.8) is 0 Å². The number of aliphatic carboxylic acids is 1. The number of hydrogen-bond donors (Lipinski definition) is 1. The van der Waals surface area contributed by atoms with E-state index in [-0.39, 0.29) is 13.0 Å². The Kier molecular flexibility index (Phi) is 18.0. The normalized spacial score (nSPS) is 11.0. The molecule has 0 aliphatic carbocycles. The molecule has 134 valence electrons. The van der Waals surface area contributed by atoms with Crippen molar-refractivity contribution < 1.29 is 19.5 Å². The Bertz CT molecular complexity index is 215. The molecule has 0 fully saturated rings. The Morgan fingerprint density at radius 1 is 0.818 bits per heavy atom. The van der Waals surface area contributed by atoms with Crippen LogP contribution in [0.5, 0.6) is 0 Å². The summed E-state index contributed by atoms with van der Waals surface area (Å²) in [5.74, 6) is -1.01. The lowest BCUT2D eigenvalue weighted by Gasteiger charge is -2.38. The second-order valence-corrected chi connectivity index (χ2v) is 6.14. The molecule has 0 aromatic carbocycles. The lowest BCUT2D eigenvalue weighted by atomic mass is 10.2. The zero-order chi connectivity index (χ0) is 17.3. The summed E-state index contributed by atoms with van der Waals surface area (Å²) in [5, 5.41) is 18.1. The van der Waals surface area contributed by atoms with E-state index in [2.05, 4.69) is 27.7 Å². The zero-order valence-electron chi connectivity index (χ0n) is 15.4. The molecule has 0 aromatic rings. The van der Waals surface area contributed by atoms with Gasteiger partial charge in [-0.15, -0.1) is 0 Å². The maximum atomic E-state index is 9.79. The van der Waals surface area contributed by atoms with Crippen LogP contribution in [0.15, 0.2) is 0 Å². The minimum atomic E-state index is -1.01. The summed E-state index contributed by atoms with van der Waals surface area (Å²) >= 11 is 0. The van der Waals surface area contributed by atoms with E-state index in [4.69, 9.17) is 5.11 Å². The Hall–Kier alpha value is -0.610. The summed E-state index contributed by atoms with van der Waals surface area (Å²) < 4.78 is 1.38. The lowest BCUT2D eigenvalue weighted by Crippen LogP contribution is -2.50. The lowest BCUT2D eigenvalue weighted by molar-refractivity contribution is -0.928. The number of unbranched alkanes of at least 4 members (excludes halogenated alkanes) is 2. The highest BCUT2D eigenvalue weighted by molar-refractivity contribution is 5.63. The van der Waals surface area contributed by atoms with Gasteiger partial charge in [-0.1, -0.05) is 34.1 Å². The van der Waals surface area contributed by atoms with Crippen molar-refractivity contribution >= 4 is 5.97 Å². The zero-order valence-corrected chi connectivity index (χ0v) is 15.4. The first-order chi connectivity index (χ1) is 10.5. The fourth-order valence-corrected chi connectivity index (χ4v) is 3.13. The van der Waals surface area contributed by atoms with Gasteiger partial charge in [-0.2, -0.15) is 0 Å². The van der Waals surface area contributed by atoms with Gasteiger partial charge in [-0.05, 0) is 44.9 Å². The van der Waals surface area contributed by atoms with Crippen LogP contribution in [0.2, 0.25) is 0 Å². The highest BCUT2D eigenvalue weighted by Crippen LogP contribution is 2.12. The van der Waals surface area contributed by atoms with E-state index in [1.165, 1.54) is 56.3 Å². The average Bonchev–Trinajstić information content (AvgIpc) is 2.45. The van der Waals surface area contributed by atoms with Crippen LogP contribution in [0.25, 0.3) is 0 Å². The number of nitrogens with zero attached hydrogens (tertiary/aromatic N) is 1. The molecule has 1 N–H and O–H groups in total. The van der Waals surface area contributed by atoms with E-state index >= 15 is 0 Å². The molecule has 4 nitrogen and oxygen atoms in total. The van der Waals surface area contributed by atoms with Gasteiger partial charge in [-0.3, -0.25) is 0 Å². The summed E-state index contributed by atoms with van der Waals surface area (Å²) in [6.07, 6.45) is 7.51. The van der Waals surface area contributed by atoms with Crippen LogP contribution in [0.4, 0.5) is 0 Å². The van der Waals surface area contributed by atoms with Crippen LogP contribution in [0, 0.1) is 0 Å². The second-order valence-electron chi connectivity index (χ2n) is 6.14. The van der Waals surface area contributed by atoms with Crippen LogP contribution in [0.1, 0.15) is 79.1 Å². The molecule has 0 aliphatic rings. The van der Waals surface area contributed by atoms with Crippen LogP contribution in [-0.4, -0.2) is 48.3 Å². The number of hydrogen-bond acceptors (Lipinski definition) is 3. The summed E-state index contributed by atoms with van der Waals surface area (Å²) in [6, 6.07) is 0. The minimum Gasteiger partial charge on any atom is -0.550 e. The molecule has 4 heteroatoms. The van der Waals surface area contributed by atoms with Crippen molar-refractivity contribution in [2.24, 2.45) is 0 Å². The SMILES string of the molecule is CCC[N+](CCC)(CCC)CCC.O=C([O-])CCCCCO. The number of carboxylic acid groups (broad SMARTS) is 1. The molecule has 0 atom stereocenters. The van der Waals surface area contributed by atoms with Crippen molar-refractivity contribution in [3.8, 4) is 0 Å². The smallest absolute Gasteiger partial charge is 0.0783 e. The molecule has 0 heterocycles. The summed E-state index contributed by atoms with van der Waals surface area (Å²) in [7, 11) is 0. The number of aliphatic hydroxyl groups excluding tert-OH is 1. The van der Waals surface area contributed by atoms with Crippen molar-refractivity contribution in [1.82, 2.24) is 0 Å². The van der Waals surface area contributed by atoms with Gasteiger partial charge in [0.15, 0.2) is 0 Å². The topological polar surface area (TPSA) is 60.4 Å². The predicted octanol–water partition coefficient (Wildman–Crippen LogP) is 2.73. The standard InChI is InChI=1S/C12H28N.C6H12O3/c1-5-9-13(10-6-2,11-7-3)12-8-4;7-5-3-1-2-4-6(8)9/h5-12H2,1-4H3;7H,1-5H2,(H,8,9)/q+1;/p-1. The average molecular weight is 318 g/mol. The van der Waals surface area contributed by atoms with Gasteiger partial charge in [0.25, 0.3) is 0 Å². The quantitative estimate of drug-likeness (QED) is 0.420. The third kappa shape index (κ3) is 14.3. The maximum Gasteiger partial charge on any atom is 0.0783 e. The van der Waals surface area contributed by atoms with Gasteiger partial charge in [0.05, 0.1) is 26.2 Å². The molecule has 0 rings (SSSR count). The number of quaternary nitrogens is 1. The monoisotopic (exact) mass is 317 g/mol. The first kappa shape index (κ1) is 23.7. The van der Waals surface area contributed by atoms with E-state index in [9.17, 15) is 9.90 Å². The fourth-order valence-electron chi connectivity index (χ4n) is 3.13. The Morgan fingerprint density at radius 2 is 1.23 bits per heavy atom. The molecule has 0 unspecified atom stereocenters. The molecule has 0 bridgehead atoms. The molecule has 0 amide bonds. The van der Waals surface area contributed by atoms with E-state index in [0.717, 1.165) is 6.42 Å². The van der Waals surface area contributed by atoms with Crippen molar-refractivity contribution in [2.75, 3.05) is 32.8 Å². The van der Waals surface area contributed by atoms with E-state index in [0.29, 0.717) is 12.8 Å². The number of carbonyl (C=O) groups excluding carboxylic acids is 1. The van der Waals surface area contributed by atoms with Crippen LogP contribution in [-0.2, 0) is 4.79 Å². The number of aliphatic hydroxyl groups is 1. The van der Waals surface area contributed by atoms with Crippen LogP contribution in [0.3, 0.4) is 0 Å². The molecule has 0 saturated heterocycles. The van der Waals surface area contributed by atoms with Gasteiger partial charge < -0.3 is 19.5 Å². The summed E-state index contributed by atoms with van der Waals surface area (Å²) in [4.78, 5) is 9.79. The number of carboxylic acids is 1. The first-order valence-corrected chi connectivity index (χ1v) is 9.17. The maximum absolute atomic E-state index is 9.79. The van der Waals surface area contributed by atoms with Crippen molar-refractivity contribution in [2.45, 2.75) is 79.1 Å². The molecule has 0 radical (unpaired) electrons. The molecule has 0 saturated carbocycles. The summed E-state index contributed by atoms with van der Waals surface area (Å²) in [6.45, 7) is 14.9. The van der Waals surface area contributed by atoms with E-state index in [1.807, 2.05) is 0 Å². The first-order valence-electron chi connectivity index (χ1n) is 9.17. The van der Waals surface area contributed by atoms with Gasteiger partial charge in [0.2, 0.25) is 0 Å². The molecule has 0 aromatic heterocycles. The number of rotatable bonds is 13. The van der Waals surface area contributed by atoms with Gasteiger partial charge >= 0.3 is 0 Å². The molecule has 0 aliphatic heterocycles. The van der Waals surface area contributed by atoms with E-state index in [1.54, 1.807) is 0 Å². The predicted molar refractivity (Wildman–Crippen MR) is 91.5 cm³/mol. The highest BCUT2D eigenvalue weighted by atomic mass is 16.4. The summed E-state index contributed by atoms with van der Waals surface area (Å²) in [5.41, 5.74) is 0. The van der Waals surface area contributed by atoms with Gasteiger partial charge in [0, 0.05) is 12.6 Å². The molecular formula is C18H39NO3. The van der Waals surface area contributed by atoms with Crippen molar-refractivity contribution in [1.29, 1.82) is 0 Å². The Labute approximate surface area is 138 Å². The Balaban J connectivity index is 0. The van der Waals surface area contributed by atoms with Gasteiger partial charge in [0.1, 0.15) is 0 Å². The van der Waals surface area contributed by atoms with Gasteiger partial charge in [-0.25, -0.2) is 0 Å². The largest absolute Gasteiger partial charge is 0.550 e. The third-order valence-electron chi connectivity index (χ3n) is 3.83.